The first-order chi connectivity index (χ1) is 7.04. The van der Waals surface area contributed by atoms with Gasteiger partial charge in [-0.25, -0.2) is 0 Å². The summed E-state index contributed by atoms with van der Waals surface area (Å²) < 4.78 is 8.39. The fourth-order valence-corrected chi connectivity index (χ4v) is 2.97. The third-order valence-corrected chi connectivity index (χ3v) is 3.10. The van der Waals surface area contributed by atoms with Crippen LogP contribution in [0.1, 0.15) is 12.5 Å². The number of ether oxygens (including phenoxy) is 1. The summed E-state index contributed by atoms with van der Waals surface area (Å²) in [5.41, 5.74) is 1.00. The molecular weight excluding hydrogens is 456 g/mol. The normalized spacial score (nSPS) is 9.93. The maximum absolute atomic E-state index is 5.57. The van der Waals surface area contributed by atoms with Crippen molar-refractivity contribution >= 4 is 69.8 Å². The van der Waals surface area contributed by atoms with E-state index in [1.165, 1.54) is 0 Å². The number of hydrogen-bond acceptors (Lipinski definition) is 1. The molecule has 0 heterocycles. The van der Waals surface area contributed by atoms with Crippen molar-refractivity contribution in [3.8, 4) is 5.75 Å². The van der Waals surface area contributed by atoms with E-state index in [0.717, 1.165) is 23.7 Å². The first-order valence-corrected chi connectivity index (χ1v) is 7.36. The van der Waals surface area contributed by atoms with Crippen molar-refractivity contribution < 1.29 is 4.74 Å². The van der Waals surface area contributed by atoms with Crippen molar-refractivity contribution in [3.05, 3.63) is 30.0 Å². The second-order valence-corrected chi connectivity index (χ2v) is 7.22. The van der Waals surface area contributed by atoms with Gasteiger partial charge in [0.05, 0.1) is 14.5 Å². The van der Waals surface area contributed by atoms with Crippen LogP contribution in [-0.2, 0) is 0 Å². The summed E-state index contributed by atoms with van der Waals surface area (Å²) >= 11 is 13.6. The molecule has 0 fully saturated rings. The summed E-state index contributed by atoms with van der Waals surface area (Å²) in [4.78, 5) is 0. The van der Waals surface area contributed by atoms with E-state index < -0.39 is 0 Å². The number of rotatable bonds is 3. The highest BCUT2D eigenvalue weighted by Crippen LogP contribution is 2.35. The molecule has 0 amide bonds. The zero-order valence-electron chi connectivity index (χ0n) is 7.86. The van der Waals surface area contributed by atoms with E-state index in [2.05, 4.69) is 63.7 Å². The van der Waals surface area contributed by atoms with Gasteiger partial charge in [-0.05, 0) is 72.9 Å². The van der Waals surface area contributed by atoms with Gasteiger partial charge >= 0.3 is 0 Å². The molecule has 0 aliphatic heterocycles. The molecule has 82 valence electrons. The van der Waals surface area contributed by atoms with Crippen molar-refractivity contribution in [1.82, 2.24) is 0 Å². The molecule has 0 aliphatic carbocycles. The average Bonchev–Trinajstić information content (AvgIpc) is 2.10. The summed E-state index contributed by atoms with van der Waals surface area (Å²) in [6.07, 6.45) is 1.94. The third-order valence-electron chi connectivity index (χ3n) is 1.59. The highest BCUT2D eigenvalue weighted by Gasteiger charge is 2.08. The van der Waals surface area contributed by atoms with Crippen molar-refractivity contribution in [2.75, 3.05) is 6.61 Å². The minimum Gasteiger partial charge on any atom is -0.492 e. The second-order valence-electron chi connectivity index (χ2n) is 2.67. The minimum atomic E-state index is 0.640. The maximum Gasteiger partial charge on any atom is 0.140 e. The van der Waals surface area contributed by atoms with Gasteiger partial charge in [0.1, 0.15) is 5.75 Å². The van der Waals surface area contributed by atoms with E-state index in [-0.39, 0.29) is 0 Å². The fraction of sp³-hybridized carbons (Fsp3) is 0.200. The Bertz CT molecular complexity index is 383. The van der Waals surface area contributed by atoms with Gasteiger partial charge in [-0.3, -0.25) is 0 Å². The molecule has 0 N–H and O–H groups in total. The fourth-order valence-electron chi connectivity index (χ4n) is 1.10. The molecule has 0 spiro atoms. The molecule has 1 aromatic rings. The van der Waals surface area contributed by atoms with Crippen LogP contribution in [0.4, 0.5) is 0 Å². The Hall–Kier alpha value is 0.680. The van der Waals surface area contributed by atoms with Crippen LogP contribution in [0.25, 0.3) is 6.08 Å². The minimum absolute atomic E-state index is 0.640. The van der Waals surface area contributed by atoms with Gasteiger partial charge in [-0.1, -0.05) is 15.9 Å². The molecule has 0 aromatic heterocycles. The maximum atomic E-state index is 5.57. The monoisotopic (exact) mass is 460 g/mol. The molecule has 0 saturated carbocycles. The smallest absolute Gasteiger partial charge is 0.140 e. The van der Waals surface area contributed by atoms with Crippen LogP contribution < -0.4 is 4.74 Å². The lowest BCUT2D eigenvalue weighted by molar-refractivity contribution is 0.337. The quantitative estimate of drug-likeness (QED) is 0.559. The summed E-state index contributed by atoms with van der Waals surface area (Å²) in [5.74, 6) is 0.845. The van der Waals surface area contributed by atoms with E-state index >= 15 is 0 Å². The Kier molecular flexibility index (Phi) is 5.89. The van der Waals surface area contributed by atoms with Gasteiger partial charge in [0.25, 0.3) is 0 Å². The number of benzene rings is 1. The van der Waals surface area contributed by atoms with Crippen LogP contribution in [0.5, 0.6) is 5.75 Å². The average molecular weight is 464 g/mol. The SMILES string of the molecule is CCOc1c(Br)cc(Br)cc1C=C(Br)Br. The highest BCUT2D eigenvalue weighted by atomic mass is 79.9. The van der Waals surface area contributed by atoms with Gasteiger partial charge in [-0.15, -0.1) is 0 Å². The van der Waals surface area contributed by atoms with Crippen LogP contribution in [-0.4, -0.2) is 6.61 Å². The molecule has 1 nitrogen and oxygen atoms in total. The summed E-state index contributed by atoms with van der Waals surface area (Å²) in [6, 6.07) is 3.96. The summed E-state index contributed by atoms with van der Waals surface area (Å²) in [7, 11) is 0. The van der Waals surface area contributed by atoms with Crippen molar-refractivity contribution in [3.63, 3.8) is 0 Å². The first kappa shape index (κ1) is 13.7. The standard InChI is InChI=1S/C10H8Br4O/c1-2-15-10-6(4-9(13)14)3-7(11)5-8(10)12/h3-5H,2H2,1H3. The molecule has 0 radical (unpaired) electrons. The lowest BCUT2D eigenvalue weighted by Crippen LogP contribution is -1.95. The summed E-state index contributed by atoms with van der Waals surface area (Å²) in [5, 5.41) is 0. The molecule has 0 atom stereocenters. The zero-order chi connectivity index (χ0) is 11.4. The van der Waals surface area contributed by atoms with E-state index in [1.54, 1.807) is 0 Å². The molecule has 0 bridgehead atoms. The van der Waals surface area contributed by atoms with Crippen molar-refractivity contribution in [2.24, 2.45) is 0 Å². The van der Waals surface area contributed by atoms with Crippen LogP contribution >= 0.6 is 63.7 Å². The zero-order valence-corrected chi connectivity index (χ0v) is 14.2. The van der Waals surface area contributed by atoms with Crippen LogP contribution in [0.2, 0.25) is 0 Å². The van der Waals surface area contributed by atoms with Gasteiger partial charge in [0, 0.05) is 10.0 Å². The lowest BCUT2D eigenvalue weighted by Gasteiger charge is -2.10. The molecule has 0 unspecified atom stereocenters. The largest absolute Gasteiger partial charge is 0.492 e. The Morgan fingerprint density at radius 1 is 1.33 bits per heavy atom. The van der Waals surface area contributed by atoms with Gasteiger partial charge in [0.15, 0.2) is 0 Å². The third kappa shape index (κ3) is 4.21. The number of hydrogen-bond donors (Lipinski definition) is 0. The van der Waals surface area contributed by atoms with Crippen LogP contribution in [0.3, 0.4) is 0 Å². The van der Waals surface area contributed by atoms with E-state index in [0.29, 0.717) is 6.61 Å². The van der Waals surface area contributed by atoms with Crippen molar-refractivity contribution in [1.29, 1.82) is 0 Å². The van der Waals surface area contributed by atoms with Crippen LogP contribution in [0.15, 0.2) is 24.5 Å². The first-order valence-electron chi connectivity index (χ1n) is 4.19. The summed E-state index contributed by atoms with van der Waals surface area (Å²) in [6.45, 7) is 2.60. The Labute approximate surface area is 123 Å². The number of halogens is 4. The molecule has 1 rings (SSSR count). The molecule has 0 aliphatic rings. The Morgan fingerprint density at radius 3 is 2.53 bits per heavy atom. The van der Waals surface area contributed by atoms with Gasteiger partial charge < -0.3 is 4.74 Å². The predicted molar refractivity (Wildman–Crippen MR) is 78.8 cm³/mol. The molecule has 1 aromatic carbocycles. The molecular formula is C10H8Br4O. The second kappa shape index (κ2) is 6.42. The lowest BCUT2D eigenvalue weighted by atomic mass is 10.2. The van der Waals surface area contributed by atoms with Crippen LogP contribution in [0, 0.1) is 0 Å². The molecule has 15 heavy (non-hydrogen) atoms. The molecule has 5 heteroatoms. The van der Waals surface area contributed by atoms with E-state index in [9.17, 15) is 0 Å². The topological polar surface area (TPSA) is 9.23 Å². The Balaban J connectivity index is 3.26. The van der Waals surface area contributed by atoms with Gasteiger partial charge in [0.2, 0.25) is 0 Å². The van der Waals surface area contributed by atoms with Gasteiger partial charge in [-0.2, -0.15) is 0 Å². The van der Waals surface area contributed by atoms with E-state index in [1.807, 2.05) is 25.1 Å². The predicted octanol–water partition coefficient (Wildman–Crippen LogP) is 5.70. The highest BCUT2D eigenvalue weighted by molar-refractivity contribution is 9.28. The molecule has 0 saturated heterocycles. The Morgan fingerprint density at radius 2 is 2.00 bits per heavy atom. The van der Waals surface area contributed by atoms with E-state index in [4.69, 9.17) is 4.74 Å². The van der Waals surface area contributed by atoms with Crippen molar-refractivity contribution in [2.45, 2.75) is 6.92 Å².